The van der Waals surface area contributed by atoms with Gasteiger partial charge in [0.25, 0.3) is 11.5 Å². The molecule has 3 aromatic heterocycles. The normalized spacial score (nSPS) is 11.4. The topological polar surface area (TPSA) is 119 Å². The van der Waals surface area contributed by atoms with E-state index in [1.807, 2.05) is 36.4 Å². The Morgan fingerprint density at radius 1 is 1.07 bits per heavy atom. The zero-order chi connectivity index (χ0) is 29.6. The molecule has 3 heterocycles. The molecule has 2 aromatic carbocycles. The molecule has 5 aromatic rings. The second-order valence-electron chi connectivity index (χ2n) is 9.55. The van der Waals surface area contributed by atoms with E-state index in [2.05, 4.69) is 39.0 Å². The molecule has 0 bridgehead atoms. The number of fused-ring (bicyclic) bond motifs is 2. The van der Waals surface area contributed by atoms with Gasteiger partial charge in [-0.2, -0.15) is 0 Å². The third-order valence-electron chi connectivity index (χ3n) is 6.69. The summed E-state index contributed by atoms with van der Waals surface area (Å²) in [6.45, 7) is 7.34. The van der Waals surface area contributed by atoms with Crippen LogP contribution in [0.2, 0.25) is 0 Å². The van der Waals surface area contributed by atoms with Crippen molar-refractivity contribution in [3.8, 4) is 17.5 Å². The van der Waals surface area contributed by atoms with Gasteiger partial charge in [-0.15, -0.1) is 0 Å². The van der Waals surface area contributed by atoms with Crippen LogP contribution < -0.4 is 16.2 Å². The van der Waals surface area contributed by atoms with Crippen molar-refractivity contribution in [3.63, 3.8) is 0 Å². The molecular weight excluding hydrogens is 528 g/mol. The van der Waals surface area contributed by atoms with Gasteiger partial charge in [-0.3, -0.25) is 28.9 Å². The van der Waals surface area contributed by atoms with Gasteiger partial charge in [-0.1, -0.05) is 42.7 Å². The molecular formula is C33H28N6O3. The Kier molecular flexibility index (Phi) is 8.16. The molecule has 5 rings (SSSR count). The largest absolute Gasteiger partial charge is 0.352 e. The molecule has 0 aliphatic heterocycles. The summed E-state index contributed by atoms with van der Waals surface area (Å²) in [5, 5.41) is 6.81. The lowest BCUT2D eigenvalue weighted by atomic mass is 10.1. The fourth-order valence-electron chi connectivity index (χ4n) is 4.68. The first-order valence-corrected chi connectivity index (χ1v) is 13.4. The fraction of sp³-hybridized carbons (Fsp3) is 0.152. The Labute approximate surface area is 242 Å². The Balaban J connectivity index is 1.57. The van der Waals surface area contributed by atoms with Crippen molar-refractivity contribution in [2.45, 2.75) is 26.3 Å². The van der Waals surface area contributed by atoms with Gasteiger partial charge in [0.2, 0.25) is 5.91 Å². The molecule has 0 aliphatic rings. The fourth-order valence-corrected chi connectivity index (χ4v) is 4.68. The molecule has 208 valence electrons. The minimum atomic E-state index is -0.656. The van der Waals surface area contributed by atoms with Crippen molar-refractivity contribution in [2.24, 2.45) is 0 Å². The Morgan fingerprint density at radius 2 is 1.88 bits per heavy atom. The van der Waals surface area contributed by atoms with E-state index in [4.69, 9.17) is 4.98 Å². The standard InChI is InChI=1S/C33H28N6O3/c1-4-27(40)34-18-9-8-12-23-13-10-17-26-29(23)33(42)39(25-15-6-5-7-16-25)31(38-26)22(3)37-32(41)28-21(2)36-20-24-14-11-19-35-30(24)28/h4-7,10-11,13-17,19-20,22H,1,9,18H2,2-3H3,(H,34,40)(H,37,41)/t22-/m0/s1. The monoisotopic (exact) mass is 556 g/mol. The maximum Gasteiger partial charge on any atom is 0.267 e. The number of amides is 2. The molecule has 0 saturated carbocycles. The Bertz CT molecular complexity index is 1950. The molecule has 0 saturated heterocycles. The molecule has 9 nitrogen and oxygen atoms in total. The number of carbonyl (C=O) groups is 2. The smallest absolute Gasteiger partial charge is 0.267 e. The van der Waals surface area contributed by atoms with Crippen molar-refractivity contribution in [1.29, 1.82) is 0 Å². The first kappa shape index (κ1) is 27.9. The van der Waals surface area contributed by atoms with E-state index in [0.29, 0.717) is 57.7 Å². The number of carbonyl (C=O) groups excluding carboxylic acids is 2. The van der Waals surface area contributed by atoms with Gasteiger partial charge in [0.15, 0.2) is 0 Å². The molecule has 9 heteroatoms. The van der Waals surface area contributed by atoms with Gasteiger partial charge in [-0.25, -0.2) is 4.98 Å². The van der Waals surface area contributed by atoms with Crippen LogP contribution in [0.3, 0.4) is 0 Å². The van der Waals surface area contributed by atoms with Crippen LogP contribution in [0.5, 0.6) is 0 Å². The van der Waals surface area contributed by atoms with Crippen LogP contribution in [0.1, 0.15) is 46.8 Å². The van der Waals surface area contributed by atoms with Crippen LogP contribution in [-0.2, 0) is 4.79 Å². The van der Waals surface area contributed by atoms with E-state index in [9.17, 15) is 14.4 Å². The van der Waals surface area contributed by atoms with E-state index >= 15 is 0 Å². The van der Waals surface area contributed by atoms with E-state index in [1.54, 1.807) is 50.5 Å². The van der Waals surface area contributed by atoms with Crippen molar-refractivity contribution in [1.82, 2.24) is 30.2 Å². The number of aromatic nitrogens is 4. The van der Waals surface area contributed by atoms with Crippen molar-refractivity contribution in [3.05, 3.63) is 119 Å². The number of pyridine rings is 2. The van der Waals surface area contributed by atoms with E-state index in [1.165, 1.54) is 10.6 Å². The quantitative estimate of drug-likeness (QED) is 0.176. The maximum absolute atomic E-state index is 14.1. The number of aryl methyl sites for hydroxylation is 1. The van der Waals surface area contributed by atoms with Crippen LogP contribution in [-0.4, -0.2) is 37.9 Å². The second-order valence-corrected chi connectivity index (χ2v) is 9.55. The van der Waals surface area contributed by atoms with Crippen LogP contribution >= 0.6 is 0 Å². The van der Waals surface area contributed by atoms with Crippen molar-refractivity contribution in [2.75, 3.05) is 6.54 Å². The van der Waals surface area contributed by atoms with Gasteiger partial charge in [0, 0.05) is 36.3 Å². The lowest BCUT2D eigenvalue weighted by molar-refractivity contribution is -0.116. The van der Waals surface area contributed by atoms with Crippen LogP contribution in [0, 0.1) is 18.8 Å². The summed E-state index contributed by atoms with van der Waals surface area (Å²) >= 11 is 0. The van der Waals surface area contributed by atoms with Crippen LogP contribution in [0.25, 0.3) is 27.5 Å². The lowest BCUT2D eigenvalue weighted by Gasteiger charge is -2.20. The molecule has 0 radical (unpaired) electrons. The predicted octanol–water partition coefficient (Wildman–Crippen LogP) is 4.17. The van der Waals surface area contributed by atoms with E-state index in [0.717, 1.165) is 5.39 Å². The highest BCUT2D eigenvalue weighted by Gasteiger charge is 2.23. The zero-order valence-corrected chi connectivity index (χ0v) is 23.2. The van der Waals surface area contributed by atoms with Crippen molar-refractivity contribution < 1.29 is 9.59 Å². The summed E-state index contributed by atoms with van der Waals surface area (Å²) in [5.74, 6) is 5.81. The maximum atomic E-state index is 14.1. The molecule has 2 N–H and O–H groups in total. The van der Waals surface area contributed by atoms with Crippen molar-refractivity contribution >= 4 is 33.6 Å². The minimum Gasteiger partial charge on any atom is -0.352 e. The number of benzene rings is 2. The van der Waals surface area contributed by atoms with Gasteiger partial charge in [-0.05, 0) is 56.3 Å². The number of hydrogen-bond donors (Lipinski definition) is 2. The van der Waals surface area contributed by atoms with E-state index in [-0.39, 0.29) is 17.4 Å². The molecule has 0 spiro atoms. The zero-order valence-electron chi connectivity index (χ0n) is 23.2. The molecule has 42 heavy (non-hydrogen) atoms. The summed E-state index contributed by atoms with van der Waals surface area (Å²) in [6.07, 6.45) is 4.92. The average Bonchev–Trinajstić information content (AvgIpc) is 3.00. The predicted molar refractivity (Wildman–Crippen MR) is 162 cm³/mol. The summed E-state index contributed by atoms with van der Waals surface area (Å²) in [5.41, 5.74) is 2.75. The van der Waals surface area contributed by atoms with E-state index < -0.39 is 6.04 Å². The van der Waals surface area contributed by atoms with Gasteiger partial charge in [0.05, 0.1) is 39.4 Å². The highest BCUT2D eigenvalue weighted by atomic mass is 16.2. The third kappa shape index (κ3) is 5.64. The Morgan fingerprint density at radius 3 is 2.67 bits per heavy atom. The number of para-hydroxylation sites is 1. The third-order valence-corrected chi connectivity index (χ3v) is 6.69. The van der Waals surface area contributed by atoms with Crippen LogP contribution in [0.15, 0.2) is 90.5 Å². The molecule has 0 fully saturated rings. The molecule has 0 unspecified atom stereocenters. The first-order valence-electron chi connectivity index (χ1n) is 13.4. The lowest BCUT2D eigenvalue weighted by Crippen LogP contribution is -2.34. The summed E-state index contributed by atoms with van der Waals surface area (Å²) in [6, 6.07) is 17.4. The SMILES string of the molecule is C=CC(=O)NCCC#Cc1cccc2nc([C@H](C)NC(=O)c3c(C)ncc4cccnc34)n(-c3ccccc3)c(=O)c12. The summed E-state index contributed by atoms with van der Waals surface area (Å²) < 4.78 is 1.51. The number of rotatable bonds is 7. The van der Waals surface area contributed by atoms with Gasteiger partial charge >= 0.3 is 0 Å². The average molecular weight is 557 g/mol. The number of nitrogens with one attached hydrogen (secondary N) is 2. The minimum absolute atomic E-state index is 0.270. The van der Waals surface area contributed by atoms with Gasteiger partial charge in [0.1, 0.15) is 5.82 Å². The number of hydrogen-bond acceptors (Lipinski definition) is 6. The highest BCUT2D eigenvalue weighted by molar-refractivity contribution is 6.06. The van der Waals surface area contributed by atoms with Gasteiger partial charge < -0.3 is 10.6 Å². The second kappa shape index (κ2) is 12.3. The molecule has 1 atom stereocenters. The molecule has 0 aliphatic carbocycles. The summed E-state index contributed by atoms with van der Waals surface area (Å²) in [7, 11) is 0. The molecule has 2 amide bonds. The first-order chi connectivity index (χ1) is 20.4. The Hall–Kier alpha value is -5.62. The highest BCUT2D eigenvalue weighted by Crippen LogP contribution is 2.22. The van der Waals surface area contributed by atoms with Crippen LogP contribution in [0.4, 0.5) is 0 Å². The number of nitrogens with zero attached hydrogens (tertiary/aromatic N) is 4. The summed E-state index contributed by atoms with van der Waals surface area (Å²) in [4.78, 5) is 52.8.